The number of rotatable bonds is 5. The first-order valence-corrected chi connectivity index (χ1v) is 13.3. The molecule has 0 bridgehead atoms. The molecule has 4 heterocycles. The molecule has 0 radical (unpaired) electrons. The maximum Gasteiger partial charge on any atom is 0.412 e. The van der Waals surface area contributed by atoms with Gasteiger partial charge in [0.15, 0.2) is 17.2 Å². The zero-order valence-electron chi connectivity index (χ0n) is 21.4. The van der Waals surface area contributed by atoms with Crippen molar-refractivity contribution in [1.82, 2.24) is 20.4 Å². The molecule has 2 N–H and O–H groups in total. The van der Waals surface area contributed by atoms with Gasteiger partial charge in [0, 0.05) is 25.6 Å². The molecule has 2 saturated heterocycles. The number of aromatic nitrogens is 2. The van der Waals surface area contributed by atoms with Crippen LogP contribution >= 0.6 is 11.6 Å². The molecule has 0 unspecified atom stereocenters. The summed E-state index contributed by atoms with van der Waals surface area (Å²) in [4.78, 5) is 29.4. The van der Waals surface area contributed by atoms with Crippen molar-refractivity contribution in [3.63, 3.8) is 0 Å². The predicted octanol–water partition coefficient (Wildman–Crippen LogP) is 4.63. The van der Waals surface area contributed by atoms with Gasteiger partial charge in [0.05, 0.1) is 34.6 Å². The third kappa shape index (κ3) is 4.79. The topological polar surface area (TPSA) is 99.7 Å². The lowest BCUT2D eigenvalue weighted by Crippen LogP contribution is -2.42. The van der Waals surface area contributed by atoms with Gasteiger partial charge in [-0.05, 0) is 55.8 Å². The van der Waals surface area contributed by atoms with E-state index in [2.05, 4.69) is 44.9 Å². The lowest BCUT2D eigenvalue weighted by molar-refractivity contribution is 0.0263. The molecule has 3 aromatic rings. The number of benzene rings is 2. The van der Waals surface area contributed by atoms with E-state index in [-0.39, 0.29) is 23.0 Å². The Kier molecular flexibility index (Phi) is 6.60. The summed E-state index contributed by atoms with van der Waals surface area (Å²) >= 11 is 6.04. The number of carbonyl (C=O) groups excluding carboxylic acids is 2. The molecular formula is C28H28ClFN6O3. The van der Waals surface area contributed by atoms with E-state index in [1.165, 1.54) is 24.2 Å². The molecule has 0 aliphatic carbocycles. The fraction of sp³-hybridized carbons (Fsp3) is 0.357. The van der Waals surface area contributed by atoms with Crippen LogP contribution in [0.25, 0.3) is 0 Å². The number of hydrogen-bond donors (Lipinski definition) is 2. The number of nitrogens with zero attached hydrogens (tertiary/aromatic N) is 4. The minimum absolute atomic E-state index is 0.0507. The fourth-order valence-electron chi connectivity index (χ4n) is 5.84. The Morgan fingerprint density at radius 2 is 2.08 bits per heavy atom. The number of likely N-dealkylation sites (tertiary alicyclic amines) is 1. The average Bonchev–Trinajstić information content (AvgIpc) is 3.56. The highest BCUT2D eigenvalue weighted by Crippen LogP contribution is 2.46. The van der Waals surface area contributed by atoms with E-state index in [1.807, 2.05) is 17.0 Å². The number of carbonyl (C=O) groups is 2. The molecule has 1 spiro atoms. The molecule has 9 nitrogen and oxygen atoms in total. The first kappa shape index (κ1) is 25.5. The van der Waals surface area contributed by atoms with E-state index in [0.717, 1.165) is 18.5 Å². The van der Waals surface area contributed by atoms with Gasteiger partial charge in [0.2, 0.25) is 0 Å². The average molecular weight is 551 g/mol. The summed E-state index contributed by atoms with van der Waals surface area (Å²) in [6.45, 7) is 2.06. The minimum atomic E-state index is -1.23. The predicted molar refractivity (Wildman–Crippen MR) is 144 cm³/mol. The molecular weight excluding hydrogens is 523 g/mol. The van der Waals surface area contributed by atoms with Crippen LogP contribution in [-0.4, -0.2) is 53.8 Å². The Labute approximate surface area is 230 Å². The van der Waals surface area contributed by atoms with Gasteiger partial charge in [0.1, 0.15) is 0 Å². The third-order valence-corrected chi connectivity index (χ3v) is 8.16. The summed E-state index contributed by atoms with van der Waals surface area (Å²) in [6.07, 6.45) is 3.45. The second-order valence-electron chi connectivity index (χ2n) is 10.3. The third-order valence-electron chi connectivity index (χ3n) is 7.87. The molecule has 39 heavy (non-hydrogen) atoms. The molecule has 2 aromatic carbocycles. The van der Waals surface area contributed by atoms with Crippen molar-refractivity contribution in [3.8, 4) is 0 Å². The maximum atomic E-state index is 15.1. The van der Waals surface area contributed by atoms with Crippen molar-refractivity contribution in [3.05, 3.63) is 81.8 Å². The SMILES string of the molecule is CN1CCC[C@H]1c1ccc(CNC(=O)c2cnnc(N3CC[C@]4(C3)OC(=O)Nc3ccc(Cl)c(F)c34)c2)cc1. The van der Waals surface area contributed by atoms with Crippen LogP contribution in [0, 0.1) is 5.82 Å². The number of amides is 2. The summed E-state index contributed by atoms with van der Waals surface area (Å²) in [7, 11) is 2.15. The van der Waals surface area contributed by atoms with Crippen LogP contribution in [0.5, 0.6) is 0 Å². The molecule has 2 fully saturated rings. The minimum Gasteiger partial charge on any atom is -0.436 e. The van der Waals surface area contributed by atoms with Gasteiger partial charge in [-0.3, -0.25) is 15.0 Å². The molecule has 202 valence electrons. The largest absolute Gasteiger partial charge is 0.436 e. The van der Waals surface area contributed by atoms with Gasteiger partial charge in [-0.1, -0.05) is 35.9 Å². The molecule has 0 saturated carbocycles. The second kappa shape index (κ2) is 10.1. The van der Waals surface area contributed by atoms with Gasteiger partial charge in [0.25, 0.3) is 5.91 Å². The van der Waals surface area contributed by atoms with Gasteiger partial charge in [-0.2, -0.15) is 5.10 Å². The van der Waals surface area contributed by atoms with Crippen LogP contribution in [0.2, 0.25) is 5.02 Å². The van der Waals surface area contributed by atoms with Gasteiger partial charge in [-0.25, -0.2) is 9.18 Å². The van der Waals surface area contributed by atoms with Crippen molar-refractivity contribution >= 4 is 35.1 Å². The fourth-order valence-corrected chi connectivity index (χ4v) is 5.99. The molecule has 1 aromatic heterocycles. The van der Waals surface area contributed by atoms with Crippen LogP contribution in [0.1, 0.15) is 52.4 Å². The zero-order chi connectivity index (χ0) is 27.1. The summed E-state index contributed by atoms with van der Waals surface area (Å²) in [5, 5.41) is 13.6. The Morgan fingerprint density at radius 1 is 1.26 bits per heavy atom. The molecule has 2 amide bonds. The van der Waals surface area contributed by atoms with Crippen LogP contribution in [0.15, 0.2) is 48.7 Å². The number of fused-ring (bicyclic) bond motifs is 2. The van der Waals surface area contributed by atoms with Crippen molar-refractivity contribution in [2.45, 2.75) is 37.5 Å². The number of hydrogen-bond acceptors (Lipinski definition) is 7. The lowest BCUT2D eigenvalue weighted by atomic mass is 9.89. The highest BCUT2D eigenvalue weighted by molar-refractivity contribution is 6.31. The van der Waals surface area contributed by atoms with Crippen LogP contribution in [0.4, 0.5) is 20.7 Å². The standard InChI is InChI=1S/C28H28ClFN6O3/c1-35-11-2-3-22(35)18-6-4-17(5-7-18)14-31-26(37)19-13-23(34-32-15-19)36-12-10-28(16-36)24-21(33-27(38)39-28)9-8-20(29)25(24)30/h4-9,13,15,22H,2-3,10-12,14,16H2,1H3,(H,31,37)(H,33,38)/t22-,28+/m0/s1. The number of ether oxygens (including phenoxy) is 1. The number of anilines is 2. The Hall–Kier alpha value is -3.76. The first-order valence-electron chi connectivity index (χ1n) is 13.0. The second-order valence-corrected chi connectivity index (χ2v) is 10.7. The smallest absolute Gasteiger partial charge is 0.412 e. The Balaban J connectivity index is 1.14. The van der Waals surface area contributed by atoms with E-state index in [4.69, 9.17) is 16.3 Å². The van der Waals surface area contributed by atoms with E-state index in [1.54, 1.807) is 12.1 Å². The van der Waals surface area contributed by atoms with E-state index < -0.39 is 17.5 Å². The Morgan fingerprint density at radius 3 is 2.85 bits per heavy atom. The van der Waals surface area contributed by atoms with Crippen molar-refractivity contribution in [2.24, 2.45) is 0 Å². The van der Waals surface area contributed by atoms with Gasteiger partial charge in [-0.15, -0.1) is 5.10 Å². The molecule has 2 atom stereocenters. The number of nitrogens with one attached hydrogen (secondary N) is 2. The van der Waals surface area contributed by atoms with E-state index in [9.17, 15) is 9.59 Å². The van der Waals surface area contributed by atoms with Crippen molar-refractivity contribution in [1.29, 1.82) is 0 Å². The monoisotopic (exact) mass is 550 g/mol. The lowest BCUT2D eigenvalue weighted by Gasteiger charge is -2.35. The van der Waals surface area contributed by atoms with Crippen molar-refractivity contribution < 1.29 is 18.7 Å². The van der Waals surface area contributed by atoms with Gasteiger partial charge < -0.3 is 15.0 Å². The highest BCUT2D eigenvalue weighted by Gasteiger charge is 2.50. The van der Waals surface area contributed by atoms with Crippen molar-refractivity contribution in [2.75, 3.05) is 36.9 Å². The molecule has 3 aliphatic rings. The summed E-state index contributed by atoms with van der Waals surface area (Å²) in [5.74, 6) is -0.474. The Bertz CT molecular complexity index is 1440. The first-order chi connectivity index (χ1) is 18.8. The van der Waals surface area contributed by atoms with Crippen LogP contribution < -0.4 is 15.5 Å². The van der Waals surface area contributed by atoms with Crippen LogP contribution in [-0.2, 0) is 16.9 Å². The molecule has 6 rings (SSSR count). The summed E-state index contributed by atoms with van der Waals surface area (Å²) < 4.78 is 20.7. The maximum absolute atomic E-state index is 15.1. The summed E-state index contributed by atoms with van der Waals surface area (Å²) in [5.41, 5.74) is 1.96. The summed E-state index contributed by atoms with van der Waals surface area (Å²) in [6, 6.07) is 13.4. The quantitative estimate of drug-likeness (QED) is 0.477. The van der Waals surface area contributed by atoms with E-state index >= 15 is 4.39 Å². The van der Waals surface area contributed by atoms with E-state index in [0.29, 0.717) is 42.6 Å². The normalized spacial score (nSPS) is 22.5. The number of halogens is 2. The molecule has 3 aliphatic heterocycles. The van der Waals surface area contributed by atoms with Crippen LogP contribution in [0.3, 0.4) is 0 Å². The van der Waals surface area contributed by atoms with Gasteiger partial charge >= 0.3 is 6.09 Å². The zero-order valence-corrected chi connectivity index (χ0v) is 22.2. The highest BCUT2D eigenvalue weighted by atomic mass is 35.5. The molecule has 11 heteroatoms.